The minimum absolute atomic E-state index is 0.182. The predicted octanol–water partition coefficient (Wildman–Crippen LogP) is 0.428. The lowest BCUT2D eigenvalue weighted by atomic mass is 10.1. The van der Waals surface area contributed by atoms with E-state index in [9.17, 15) is 13.6 Å². The van der Waals surface area contributed by atoms with Crippen LogP contribution in [0.15, 0.2) is 12.1 Å². The van der Waals surface area contributed by atoms with Gasteiger partial charge in [0.25, 0.3) is 0 Å². The number of carboxylic acids is 1. The summed E-state index contributed by atoms with van der Waals surface area (Å²) in [4.78, 5) is 10.6. The van der Waals surface area contributed by atoms with E-state index in [-0.39, 0.29) is 12.2 Å². The Balaban J connectivity index is 2.92. The van der Waals surface area contributed by atoms with Crippen LogP contribution in [0.2, 0.25) is 0 Å². The molecule has 7 heteroatoms. The zero-order chi connectivity index (χ0) is 13.0. The number of hydrogen-bond acceptors (Lipinski definition) is 4. The van der Waals surface area contributed by atoms with Crippen LogP contribution in [0.5, 0.6) is 0 Å². The van der Waals surface area contributed by atoms with Gasteiger partial charge in [0.2, 0.25) is 0 Å². The largest absolute Gasteiger partial charge is 0.478 e. The Bertz CT molecular complexity index is 425. The molecule has 0 aliphatic heterocycles. The second kappa shape index (κ2) is 5.55. The SMILES string of the molecule is O=C(O)c1cc(NCC(O)CO)c(F)cc1F. The molecule has 0 spiro atoms. The van der Waals surface area contributed by atoms with Crippen molar-refractivity contribution in [2.24, 2.45) is 0 Å². The smallest absolute Gasteiger partial charge is 0.338 e. The molecular formula is C10H11F2NO4. The van der Waals surface area contributed by atoms with Gasteiger partial charge in [-0.25, -0.2) is 13.6 Å². The molecule has 1 rings (SSSR count). The maximum absolute atomic E-state index is 13.2. The summed E-state index contributed by atoms with van der Waals surface area (Å²) in [5.74, 6) is -3.67. The average molecular weight is 247 g/mol. The van der Waals surface area contributed by atoms with E-state index in [0.717, 1.165) is 6.07 Å². The summed E-state index contributed by atoms with van der Waals surface area (Å²) in [5.41, 5.74) is -0.927. The topological polar surface area (TPSA) is 89.8 Å². The van der Waals surface area contributed by atoms with Gasteiger partial charge in [-0.05, 0) is 6.07 Å². The lowest BCUT2D eigenvalue weighted by Crippen LogP contribution is -2.23. The maximum Gasteiger partial charge on any atom is 0.338 e. The van der Waals surface area contributed by atoms with Gasteiger partial charge in [0.05, 0.1) is 24.0 Å². The summed E-state index contributed by atoms with van der Waals surface area (Å²) < 4.78 is 26.2. The number of halogens is 2. The summed E-state index contributed by atoms with van der Waals surface area (Å²) in [6.45, 7) is -0.709. The second-order valence-electron chi connectivity index (χ2n) is 3.33. The fourth-order valence-corrected chi connectivity index (χ4v) is 1.14. The highest BCUT2D eigenvalue weighted by atomic mass is 19.1. The molecule has 94 valence electrons. The lowest BCUT2D eigenvalue weighted by Gasteiger charge is -2.11. The van der Waals surface area contributed by atoms with Crippen LogP contribution in [0.3, 0.4) is 0 Å². The molecule has 0 fully saturated rings. The highest BCUT2D eigenvalue weighted by molar-refractivity contribution is 5.89. The van der Waals surface area contributed by atoms with E-state index in [0.29, 0.717) is 6.07 Å². The summed E-state index contributed by atoms with van der Waals surface area (Å²) in [7, 11) is 0. The lowest BCUT2D eigenvalue weighted by molar-refractivity contribution is 0.0692. The minimum atomic E-state index is -1.52. The number of carbonyl (C=O) groups is 1. The van der Waals surface area contributed by atoms with Crippen molar-refractivity contribution in [3.8, 4) is 0 Å². The summed E-state index contributed by atoms with van der Waals surface area (Å²) in [6.07, 6.45) is -1.12. The van der Waals surface area contributed by atoms with Crippen LogP contribution in [0.25, 0.3) is 0 Å². The maximum atomic E-state index is 13.2. The minimum Gasteiger partial charge on any atom is -0.478 e. The van der Waals surface area contributed by atoms with Crippen molar-refractivity contribution in [1.29, 1.82) is 0 Å². The Hall–Kier alpha value is -1.73. The summed E-state index contributed by atoms with van der Waals surface area (Å²) >= 11 is 0. The Morgan fingerprint density at radius 3 is 2.53 bits per heavy atom. The number of aromatic carboxylic acids is 1. The Kier molecular flexibility index (Phi) is 4.36. The third-order valence-electron chi connectivity index (χ3n) is 2.03. The molecule has 0 aromatic heterocycles. The second-order valence-corrected chi connectivity index (χ2v) is 3.33. The number of benzene rings is 1. The van der Waals surface area contributed by atoms with Crippen LogP contribution >= 0.6 is 0 Å². The third-order valence-corrected chi connectivity index (χ3v) is 2.03. The van der Waals surface area contributed by atoms with Crippen molar-refractivity contribution in [2.75, 3.05) is 18.5 Å². The Labute approximate surface area is 95.3 Å². The molecule has 0 heterocycles. The Morgan fingerprint density at radius 1 is 1.35 bits per heavy atom. The molecule has 0 radical (unpaired) electrons. The first kappa shape index (κ1) is 13.3. The van der Waals surface area contributed by atoms with E-state index in [1.165, 1.54) is 0 Å². The van der Waals surface area contributed by atoms with Crippen LogP contribution < -0.4 is 5.32 Å². The molecule has 1 aromatic carbocycles. The number of aliphatic hydroxyl groups excluding tert-OH is 2. The van der Waals surface area contributed by atoms with Gasteiger partial charge in [0.1, 0.15) is 11.6 Å². The van der Waals surface area contributed by atoms with Gasteiger partial charge in [-0.15, -0.1) is 0 Å². The van der Waals surface area contributed by atoms with Crippen molar-refractivity contribution >= 4 is 11.7 Å². The molecule has 0 saturated carbocycles. The summed E-state index contributed by atoms with van der Waals surface area (Å²) in [6, 6.07) is 1.23. The van der Waals surface area contributed by atoms with Gasteiger partial charge in [0.15, 0.2) is 0 Å². The van der Waals surface area contributed by atoms with Gasteiger partial charge in [-0.2, -0.15) is 0 Å². The zero-order valence-corrected chi connectivity index (χ0v) is 8.65. The number of hydrogen-bond donors (Lipinski definition) is 4. The van der Waals surface area contributed by atoms with Crippen molar-refractivity contribution in [2.45, 2.75) is 6.10 Å². The molecule has 1 atom stereocenters. The van der Waals surface area contributed by atoms with E-state index in [4.69, 9.17) is 15.3 Å². The van der Waals surface area contributed by atoms with Crippen LogP contribution in [0, 0.1) is 11.6 Å². The van der Waals surface area contributed by atoms with Crippen molar-refractivity contribution in [1.82, 2.24) is 0 Å². The highest BCUT2D eigenvalue weighted by Gasteiger charge is 2.15. The normalized spacial score (nSPS) is 12.2. The average Bonchev–Trinajstić information content (AvgIpc) is 2.26. The molecule has 0 bridgehead atoms. The fourth-order valence-electron chi connectivity index (χ4n) is 1.14. The zero-order valence-electron chi connectivity index (χ0n) is 8.65. The standard InChI is InChI=1S/C10H11F2NO4/c11-7-2-8(12)9(1-6(7)10(16)17)13-3-5(15)4-14/h1-2,5,13-15H,3-4H2,(H,16,17). The molecule has 0 amide bonds. The molecule has 0 aliphatic carbocycles. The van der Waals surface area contributed by atoms with Gasteiger partial charge < -0.3 is 20.6 Å². The first-order chi connectivity index (χ1) is 7.95. The monoisotopic (exact) mass is 247 g/mol. The first-order valence-electron chi connectivity index (χ1n) is 4.70. The number of anilines is 1. The fraction of sp³-hybridized carbons (Fsp3) is 0.300. The van der Waals surface area contributed by atoms with Crippen LogP contribution in [0.4, 0.5) is 14.5 Å². The predicted molar refractivity (Wildman–Crippen MR) is 54.9 cm³/mol. The van der Waals surface area contributed by atoms with E-state index < -0.39 is 35.9 Å². The van der Waals surface area contributed by atoms with Crippen LogP contribution in [0.1, 0.15) is 10.4 Å². The van der Waals surface area contributed by atoms with E-state index in [1.54, 1.807) is 0 Å². The molecular weight excluding hydrogens is 236 g/mol. The first-order valence-corrected chi connectivity index (χ1v) is 4.70. The van der Waals surface area contributed by atoms with Gasteiger partial charge >= 0.3 is 5.97 Å². The molecule has 4 N–H and O–H groups in total. The molecule has 1 aromatic rings. The summed E-state index contributed by atoms with van der Waals surface area (Å²) in [5, 5.41) is 28.5. The molecule has 5 nitrogen and oxygen atoms in total. The molecule has 0 saturated heterocycles. The van der Waals surface area contributed by atoms with E-state index in [1.807, 2.05) is 0 Å². The van der Waals surface area contributed by atoms with Crippen LogP contribution in [-0.4, -0.2) is 40.5 Å². The molecule has 0 aliphatic rings. The number of rotatable bonds is 5. The van der Waals surface area contributed by atoms with Gasteiger partial charge in [0, 0.05) is 12.6 Å². The van der Waals surface area contributed by atoms with Gasteiger partial charge in [-0.1, -0.05) is 0 Å². The van der Waals surface area contributed by atoms with Crippen molar-refractivity contribution in [3.05, 3.63) is 29.3 Å². The quantitative estimate of drug-likeness (QED) is 0.605. The number of nitrogens with one attached hydrogen (secondary N) is 1. The van der Waals surface area contributed by atoms with E-state index in [2.05, 4.69) is 5.32 Å². The van der Waals surface area contributed by atoms with Gasteiger partial charge in [-0.3, -0.25) is 0 Å². The Morgan fingerprint density at radius 2 is 2.00 bits per heavy atom. The van der Waals surface area contributed by atoms with Crippen LogP contribution in [-0.2, 0) is 0 Å². The highest BCUT2D eigenvalue weighted by Crippen LogP contribution is 2.19. The molecule has 1 unspecified atom stereocenters. The molecule has 17 heavy (non-hydrogen) atoms. The van der Waals surface area contributed by atoms with Crippen molar-refractivity contribution < 1.29 is 28.9 Å². The van der Waals surface area contributed by atoms with E-state index >= 15 is 0 Å². The van der Waals surface area contributed by atoms with Crippen molar-refractivity contribution in [3.63, 3.8) is 0 Å². The third kappa shape index (κ3) is 3.36. The number of aliphatic hydroxyl groups is 2. The number of carboxylic acid groups (broad SMARTS) is 1.